The van der Waals surface area contributed by atoms with Gasteiger partial charge in [0.15, 0.2) is 11.6 Å². The Morgan fingerprint density at radius 3 is 2.52 bits per heavy atom. The predicted octanol–water partition coefficient (Wildman–Crippen LogP) is 1.75. The summed E-state index contributed by atoms with van der Waals surface area (Å²) in [4.78, 5) is 50.8. The maximum absolute atomic E-state index is 12.4. The van der Waals surface area contributed by atoms with Crippen LogP contribution in [0.25, 0.3) is 0 Å². The lowest BCUT2D eigenvalue weighted by molar-refractivity contribution is -0.147. The largest absolute Gasteiger partial charge is 0.466 e. The molecule has 1 N–H and O–H groups in total. The van der Waals surface area contributed by atoms with Gasteiger partial charge in [0, 0.05) is 32.1 Å². The standard InChI is InChI=1S/C20H30N2O5/c1-4-5-6-9-27-18(25)10-15-19(26)21-7-8-22(15)13-14-16(23)11-20(2,3)12-17(14)24/h13,15H,4-12H2,1-3H3,(H,21,26). The van der Waals surface area contributed by atoms with Crippen LogP contribution < -0.4 is 5.32 Å². The van der Waals surface area contributed by atoms with Gasteiger partial charge >= 0.3 is 5.97 Å². The second-order valence-electron chi connectivity index (χ2n) is 8.08. The fraction of sp³-hybridized carbons (Fsp3) is 0.700. The van der Waals surface area contributed by atoms with Gasteiger partial charge in [0.1, 0.15) is 6.04 Å². The molecule has 2 aliphatic rings. The Kier molecular flexibility index (Phi) is 7.16. The Bertz CT molecular complexity index is 616. The minimum atomic E-state index is -0.763. The first kappa shape index (κ1) is 21.1. The van der Waals surface area contributed by atoms with Gasteiger partial charge in [0.2, 0.25) is 5.91 Å². The van der Waals surface area contributed by atoms with Crippen molar-refractivity contribution < 1.29 is 23.9 Å². The number of amides is 1. The maximum atomic E-state index is 12.4. The van der Waals surface area contributed by atoms with Gasteiger partial charge < -0.3 is 15.0 Å². The SMILES string of the molecule is CCCCCOC(=O)CC1C(=O)NCCN1C=C1C(=O)CC(C)(C)CC1=O. The minimum Gasteiger partial charge on any atom is -0.466 e. The van der Waals surface area contributed by atoms with E-state index < -0.39 is 12.0 Å². The molecule has 1 heterocycles. The summed E-state index contributed by atoms with van der Waals surface area (Å²) < 4.78 is 5.20. The van der Waals surface area contributed by atoms with Crippen LogP contribution in [0.3, 0.4) is 0 Å². The monoisotopic (exact) mass is 378 g/mol. The fourth-order valence-electron chi connectivity index (χ4n) is 3.44. The van der Waals surface area contributed by atoms with Crippen molar-refractivity contribution in [3.05, 3.63) is 11.8 Å². The summed E-state index contributed by atoms with van der Waals surface area (Å²) in [6.07, 6.45) is 4.79. The lowest BCUT2D eigenvalue weighted by Gasteiger charge is -2.35. The van der Waals surface area contributed by atoms with Crippen LogP contribution in [-0.2, 0) is 23.9 Å². The number of Topliss-reactive ketones (excluding diaryl/α,β-unsaturated/α-hetero) is 2. The second-order valence-corrected chi connectivity index (χ2v) is 8.08. The number of ketones is 2. The van der Waals surface area contributed by atoms with E-state index in [1.54, 1.807) is 4.90 Å². The zero-order valence-corrected chi connectivity index (χ0v) is 16.5. The van der Waals surface area contributed by atoms with Gasteiger partial charge in [-0.05, 0) is 11.8 Å². The molecule has 1 saturated carbocycles. The molecular formula is C20H30N2O5. The molecule has 2 rings (SSSR count). The van der Waals surface area contributed by atoms with E-state index in [1.807, 2.05) is 13.8 Å². The molecule has 1 aliphatic carbocycles. The number of carbonyl (C=O) groups excluding carboxylic acids is 4. The number of allylic oxidation sites excluding steroid dienone is 1. The van der Waals surface area contributed by atoms with Crippen LogP contribution in [-0.4, -0.2) is 54.1 Å². The summed E-state index contributed by atoms with van der Waals surface area (Å²) in [6.45, 7) is 7.03. The van der Waals surface area contributed by atoms with E-state index in [2.05, 4.69) is 12.2 Å². The first-order valence-electron chi connectivity index (χ1n) is 9.71. The third-order valence-corrected chi connectivity index (χ3v) is 4.92. The smallest absolute Gasteiger partial charge is 0.308 e. The van der Waals surface area contributed by atoms with E-state index >= 15 is 0 Å². The van der Waals surface area contributed by atoms with Gasteiger partial charge in [-0.1, -0.05) is 33.6 Å². The van der Waals surface area contributed by atoms with E-state index in [-0.39, 0.29) is 34.9 Å². The highest BCUT2D eigenvalue weighted by Crippen LogP contribution is 2.34. The average Bonchev–Trinajstić information content (AvgIpc) is 2.57. The van der Waals surface area contributed by atoms with Crippen molar-refractivity contribution in [3.8, 4) is 0 Å². The first-order chi connectivity index (χ1) is 12.7. The van der Waals surface area contributed by atoms with E-state index in [0.29, 0.717) is 32.5 Å². The van der Waals surface area contributed by atoms with Crippen LogP contribution in [0.4, 0.5) is 0 Å². The van der Waals surface area contributed by atoms with Crippen LogP contribution in [0.1, 0.15) is 59.3 Å². The highest BCUT2D eigenvalue weighted by atomic mass is 16.5. The quantitative estimate of drug-likeness (QED) is 0.314. The number of unbranched alkanes of at least 4 members (excludes halogenated alkanes) is 2. The molecule has 1 aliphatic heterocycles. The normalized spacial score (nSPS) is 22.5. The summed E-state index contributed by atoms with van der Waals surface area (Å²) in [5.41, 5.74) is -0.211. The van der Waals surface area contributed by atoms with Crippen molar-refractivity contribution >= 4 is 23.4 Å². The summed E-state index contributed by atoms with van der Waals surface area (Å²) in [6, 6.07) is -0.763. The number of piperazine rings is 1. The maximum Gasteiger partial charge on any atom is 0.308 e. The predicted molar refractivity (Wildman–Crippen MR) is 99.7 cm³/mol. The molecule has 0 aromatic heterocycles. The van der Waals surface area contributed by atoms with Crippen LogP contribution in [0.5, 0.6) is 0 Å². The highest BCUT2D eigenvalue weighted by molar-refractivity contribution is 6.22. The molecule has 0 radical (unpaired) electrons. The third kappa shape index (κ3) is 5.91. The molecule has 1 unspecified atom stereocenters. The lowest BCUT2D eigenvalue weighted by Crippen LogP contribution is -2.54. The molecule has 150 valence electrons. The molecule has 0 aromatic rings. The summed E-state index contributed by atoms with van der Waals surface area (Å²) in [5, 5.41) is 2.73. The van der Waals surface area contributed by atoms with Crippen molar-refractivity contribution in [1.82, 2.24) is 10.2 Å². The van der Waals surface area contributed by atoms with E-state index in [1.165, 1.54) is 6.20 Å². The Morgan fingerprint density at radius 1 is 1.22 bits per heavy atom. The van der Waals surface area contributed by atoms with E-state index in [9.17, 15) is 19.2 Å². The molecule has 1 atom stereocenters. The number of hydrogen-bond acceptors (Lipinski definition) is 6. The average molecular weight is 378 g/mol. The number of carbonyl (C=O) groups is 4. The number of hydrogen-bond donors (Lipinski definition) is 1. The molecule has 1 saturated heterocycles. The molecule has 0 bridgehead atoms. The van der Waals surface area contributed by atoms with Crippen LogP contribution in [0.15, 0.2) is 11.8 Å². The number of nitrogens with zero attached hydrogens (tertiary/aromatic N) is 1. The topological polar surface area (TPSA) is 92.8 Å². The van der Waals surface area contributed by atoms with Crippen molar-refractivity contribution in [2.24, 2.45) is 5.41 Å². The summed E-state index contributed by atoms with van der Waals surface area (Å²) >= 11 is 0. The Hall–Kier alpha value is -2.18. The molecule has 0 aromatic carbocycles. The Morgan fingerprint density at radius 2 is 1.89 bits per heavy atom. The van der Waals surface area contributed by atoms with Crippen molar-refractivity contribution in [3.63, 3.8) is 0 Å². The van der Waals surface area contributed by atoms with Gasteiger partial charge in [-0.3, -0.25) is 19.2 Å². The molecule has 2 fully saturated rings. The second kappa shape index (κ2) is 9.15. The molecule has 27 heavy (non-hydrogen) atoms. The van der Waals surface area contributed by atoms with Crippen molar-refractivity contribution in [2.45, 2.75) is 65.3 Å². The molecule has 7 heteroatoms. The van der Waals surface area contributed by atoms with Crippen LogP contribution in [0.2, 0.25) is 0 Å². The van der Waals surface area contributed by atoms with Gasteiger partial charge in [-0.15, -0.1) is 0 Å². The van der Waals surface area contributed by atoms with Gasteiger partial charge in [0.25, 0.3) is 0 Å². The van der Waals surface area contributed by atoms with Crippen molar-refractivity contribution in [1.29, 1.82) is 0 Å². The Labute approximate surface area is 160 Å². The lowest BCUT2D eigenvalue weighted by atomic mass is 9.74. The Balaban J connectivity index is 2.07. The van der Waals surface area contributed by atoms with E-state index in [4.69, 9.17) is 4.74 Å². The zero-order valence-electron chi connectivity index (χ0n) is 16.5. The van der Waals surface area contributed by atoms with Crippen LogP contribution in [0, 0.1) is 5.41 Å². The van der Waals surface area contributed by atoms with E-state index in [0.717, 1.165) is 19.3 Å². The zero-order chi connectivity index (χ0) is 20.0. The van der Waals surface area contributed by atoms with Gasteiger partial charge in [0.05, 0.1) is 18.6 Å². The molecule has 7 nitrogen and oxygen atoms in total. The summed E-state index contributed by atoms with van der Waals surface area (Å²) in [7, 11) is 0. The number of rotatable bonds is 7. The molecular weight excluding hydrogens is 348 g/mol. The fourth-order valence-corrected chi connectivity index (χ4v) is 3.44. The number of ether oxygens (including phenoxy) is 1. The number of nitrogens with one attached hydrogen (secondary N) is 1. The summed E-state index contributed by atoms with van der Waals surface area (Å²) in [5.74, 6) is -1.15. The minimum absolute atomic E-state index is 0.102. The highest BCUT2D eigenvalue weighted by Gasteiger charge is 2.37. The first-order valence-corrected chi connectivity index (χ1v) is 9.71. The molecule has 0 spiro atoms. The van der Waals surface area contributed by atoms with Gasteiger partial charge in [-0.25, -0.2) is 0 Å². The third-order valence-electron chi connectivity index (χ3n) is 4.92. The van der Waals surface area contributed by atoms with Crippen LogP contribution >= 0.6 is 0 Å². The number of esters is 1. The van der Waals surface area contributed by atoms with Gasteiger partial charge in [-0.2, -0.15) is 0 Å². The molecule has 1 amide bonds. The van der Waals surface area contributed by atoms with Crippen molar-refractivity contribution in [2.75, 3.05) is 19.7 Å².